The molecule has 1 aliphatic heterocycles. The van der Waals surface area contributed by atoms with E-state index in [1.165, 1.54) is 12.1 Å². The molecular weight excluding hydrogens is 289 g/mol. The van der Waals surface area contributed by atoms with E-state index in [9.17, 15) is 4.39 Å². The Bertz CT molecular complexity index is 691. The molecule has 3 rings (SSSR count). The Kier molecular flexibility index (Phi) is 3.41. The molecule has 0 atom stereocenters. The first kappa shape index (κ1) is 14.0. The van der Waals surface area contributed by atoms with Gasteiger partial charge >= 0.3 is 0 Å². The van der Waals surface area contributed by atoms with E-state index in [4.69, 9.17) is 10.5 Å². The van der Waals surface area contributed by atoms with Crippen LogP contribution in [0.4, 0.5) is 15.9 Å². The topological polar surface area (TPSA) is 60.2 Å². The van der Waals surface area contributed by atoms with Crippen LogP contribution in [0.2, 0.25) is 0 Å². The number of nitrogens with two attached hydrogens (primary N) is 1. The molecular formula is C15H16FN3OS. The number of thioether (sulfide) groups is 1. The Hall–Kier alpha value is -1.95. The summed E-state index contributed by atoms with van der Waals surface area (Å²) in [5, 5.41) is 3.36. The van der Waals surface area contributed by atoms with Gasteiger partial charge < -0.3 is 15.8 Å². The highest BCUT2D eigenvalue weighted by Gasteiger charge is 2.28. The SMILES string of the molecule is CC1(C)CSc2c(Oc3ccc(N)cc3F)ccnc2N1. The summed E-state index contributed by atoms with van der Waals surface area (Å²) in [5.74, 6) is 1.92. The fourth-order valence-electron chi connectivity index (χ4n) is 2.07. The molecule has 2 aromatic rings. The molecule has 110 valence electrons. The molecule has 21 heavy (non-hydrogen) atoms. The van der Waals surface area contributed by atoms with Crippen molar-refractivity contribution in [2.24, 2.45) is 0 Å². The van der Waals surface area contributed by atoms with Crippen molar-refractivity contribution in [2.75, 3.05) is 16.8 Å². The van der Waals surface area contributed by atoms with E-state index in [0.717, 1.165) is 16.5 Å². The van der Waals surface area contributed by atoms with Crippen molar-refractivity contribution in [1.82, 2.24) is 4.98 Å². The van der Waals surface area contributed by atoms with Crippen LogP contribution >= 0.6 is 11.8 Å². The van der Waals surface area contributed by atoms with Gasteiger partial charge in [0.2, 0.25) is 0 Å². The van der Waals surface area contributed by atoms with Gasteiger partial charge in [0.25, 0.3) is 0 Å². The number of rotatable bonds is 2. The minimum atomic E-state index is -0.477. The van der Waals surface area contributed by atoms with Crippen LogP contribution < -0.4 is 15.8 Å². The van der Waals surface area contributed by atoms with E-state index in [-0.39, 0.29) is 11.3 Å². The smallest absolute Gasteiger partial charge is 0.167 e. The third-order valence-corrected chi connectivity index (χ3v) is 4.63. The van der Waals surface area contributed by atoms with Crippen molar-refractivity contribution in [3.63, 3.8) is 0 Å². The molecule has 0 amide bonds. The van der Waals surface area contributed by atoms with Crippen LogP contribution in [0.5, 0.6) is 11.5 Å². The minimum Gasteiger partial charge on any atom is -0.453 e. The molecule has 6 heteroatoms. The minimum absolute atomic E-state index is 0.0320. The molecule has 1 aromatic carbocycles. The Morgan fingerprint density at radius 3 is 2.90 bits per heavy atom. The van der Waals surface area contributed by atoms with Gasteiger partial charge in [-0.05, 0) is 26.0 Å². The lowest BCUT2D eigenvalue weighted by molar-refractivity contribution is 0.432. The number of ether oxygens (including phenoxy) is 1. The number of aromatic nitrogens is 1. The zero-order valence-corrected chi connectivity index (χ0v) is 12.6. The third-order valence-electron chi connectivity index (χ3n) is 3.08. The average molecular weight is 305 g/mol. The van der Waals surface area contributed by atoms with E-state index in [1.54, 1.807) is 30.1 Å². The number of benzene rings is 1. The molecule has 3 N–H and O–H groups in total. The van der Waals surface area contributed by atoms with Crippen molar-refractivity contribution >= 4 is 23.3 Å². The average Bonchev–Trinajstić information content (AvgIpc) is 2.40. The first-order valence-corrected chi connectivity index (χ1v) is 7.56. The van der Waals surface area contributed by atoms with Crippen LogP contribution in [-0.2, 0) is 0 Å². The van der Waals surface area contributed by atoms with Gasteiger partial charge in [0.05, 0.1) is 4.90 Å². The van der Waals surface area contributed by atoms with Crippen LogP contribution in [0.3, 0.4) is 0 Å². The highest BCUT2D eigenvalue weighted by molar-refractivity contribution is 7.99. The maximum absolute atomic E-state index is 13.8. The van der Waals surface area contributed by atoms with E-state index < -0.39 is 5.82 Å². The number of fused-ring (bicyclic) bond motifs is 1. The van der Waals surface area contributed by atoms with Crippen molar-refractivity contribution < 1.29 is 9.13 Å². The van der Waals surface area contributed by atoms with Gasteiger partial charge in [-0.25, -0.2) is 9.37 Å². The number of hydrogen-bond acceptors (Lipinski definition) is 5. The van der Waals surface area contributed by atoms with E-state index in [1.807, 2.05) is 0 Å². The molecule has 0 bridgehead atoms. The Balaban J connectivity index is 1.94. The number of nitrogen functional groups attached to an aromatic ring is 1. The van der Waals surface area contributed by atoms with Crippen molar-refractivity contribution in [1.29, 1.82) is 0 Å². The molecule has 2 heterocycles. The summed E-state index contributed by atoms with van der Waals surface area (Å²) in [4.78, 5) is 5.22. The Morgan fingerprint density at radius 2 is 2.14 bits per heavy atom. The van der Waals surface area contributed by atoms with Crippen molar-refractivity contribution in [2.45, 2.75) is 24.3 Å². The number of nitrogens with zero attached hydrogens (tertiary/aromatic N) is 1. The molecule has 1 aromatic heterocycles. The van der Waals surface area contributed by atoms with Crippen LogP contribution in [0.15, 0.2) is 35.4 Å². The predicted octanol–water partition coefficient (Wildman–Crippen LogP) is 3.89. The second-order valence-electron chi connectivity index (χ2n) is 5.58. The molecule has 0 saturated carbocycles. The van der Waals surface area contributed by atoms with Gasteiger partial charge in [0.15, 0.2) is 11.6 Å². The van der Waals surface area contributed by atoms with Crippen LogP contribution in [0.1, 0.15) is 13.8 Å². The summed E-state index contributed by atoms with van der Waals surface area (Å²) in [7, 11) is 0. The number of anilines is 2. The summed E-state index contributed by atoms with van der Waals surface area (Å²) in [6, 6.07) is 6.13. The number of nitrogens with one attached hydrogen (secondary N) is 1. The quantitative estimate of drug-likeness (QED) is 0.824. The van der Waals surface area contributed by atoms with E-state index in [2.05, 4.69) is 24.1 Å². The van der Waals surface area contributed by atoms with Crippen molar-refractivity contribution in [3.8, 4) is 11.5 Å². The van der Waals surface area contributed by atoms with Crippen LogP contribution in [0, 0.1) is 5.82 Å². The highest BCUT2D eigenvalue weighted by Crippen LogP contribution is 2.43. The van der Waals surface area contributed by atoms with Gasteiger partial charge in [0.1, 0.15) is 11.6 Å². The van der Waals surface area contributed by atoms with E-state index >= 15 is 0 Å². The lowest BCUT2D eigenvalue weighted by Gasteiger charge is -2.32. The van der Waals surface area contributed by atoms with Gasteiger partial charge in [0, 0.05) is 35.3 Å². The Morgan fingerprint density at radius 1 is 1.33 bits per heavy atom. The fourth-order valence-corrected chi connectivity index (χ4v) is 3.14. The lowest BCUT2D eigenvalue weighted by Crippen LogP contribution is -2.36. The zero-order chi connectivity index (χ0) is 15.0. The van der Waals surface area contributed by atoms with Crippen LogP contribution in [0.25, 0.3) is 0 Å². The first-order chi connectivity index (χ1) is 9.94. The highest BCUT2D eigenvalue weighted by atomic mass is 32.2. The van der Waals surface area contributed by atoms with Gasteiger partial charge in [-0.3, -0.25) is 0 Å². The Labute approximate surface area is 126 Å². The van der Waals surface area contributed by atoms with Gasteiger partial charge in [-0.2, -0.15) is 0 Å². The zero-order valence-electron chi connectivity index (χ0n) is 11.8. The number of pyridine rings is 1. The van der Waals surface area contributed by atoms with Crippen molar-refractivity contribution in [3.05, 3.63) is 36.3 Å². The maximum atomic E-state index is 13.8. The number of hydrogen-bond donors (Lipinski definition) is 2. The molecule has 0 fully saturated rings. The molecule has 0 spiro atoms. The predicted molar refractivity (Wildman–Crippen MR) is 83.5 cm³/mol. The second-order valence-corrected chi connectivity index (χ2v) is 6.56. The van der Waals surface area contributed by atoms with E-state index in [0.29, 0.717) is 11.4 Å². The molecule has 0 aliphatic carbocycles. The van der Waals surface area contributed by atoms with Crippen LogP contribution in [-0.4, -0.2) is 16.3 Å². The molecule has 0 unspecified atom stereocenters. The number of halogens is 1. The monoisotopic (exact) mass is 305 g/mol. The summed E-state index contributed by atoms with van der Waals surface area (Å²) >= 11 is 1.65. The standard InChI is InChI=1S/C15H16FN3OS/c1-15(2)8-21-13-12(5-6-18-14(13)19-15)20-11-4-3-9(17)7-10(11)16/h3-7H,8,17H2,1-2H3,(H,18,19). The molecule has 0 saturated heterocycles. The van der Waals surface area contributed by atoms with Gasteiger partial charge in [-0.1, -0.05) is 0 Å². The molecule has 1 aliphatic rings. The normalized spacial score (nSPS) is 16.0. The lowest BCUT2D eigenvalue weighted by atomic mass is 10.1. The maximum Gasteiger partial charge on any atom is 0.167 e. The summed E-state index contributed by atoms with van der Waals surface area (Å²) in [5.41, 5.74) is 5.88. The second kappa shape index (κ2) is 5.11. The molecule has 4 nitrogen and oxygen atoms in total. The summed E-state index contributed by atoms with van der Waals surface area (Å²) in [6.45, 7) is 4.22. The molecule has 0 radical (unpaired) electrons. The fraction of sp³-hybridized carbons (Fsp3) is 0.267. The summed E-state index contributed by atoms with van der Waals surface area (Å²) < 4.78 is 19.5. The largest absolute Gasteiger partial charge is 0.453 e. The van der Waals surface area contributed by atoms with Gasteiger partial charge in [-0.15, -0.1) is 11.8 Å². The third kappa shape index (κ3) is 2.90. The first-order valence-electron chi connectivity index (χ1n) is 6.57. The summed E-state index contributed by atoms with van der Waals surface area (Å²) in [6.07, 6.45) is 1.65.